The van der Waals surface area contributed by atoms with Crippen LogP contribution in [0.1, 0.15) is 27.7 Å². The monoisotopic (exact) mass is 392 g/mol. The van der Waals surface area contributed by atoms with Gasteiger partial charge < -0.3 is 19.3 Å². The van der Waals surface area contributed by atoms with Crippen LogP contribution < -0.4 is 10.6 Å². The van der Waals surface area contributed by atoms with Gasteiger partial charge in [0, 0.05) is 26.2 Å². The molecule has 3 rings (SSSR count). The van der Waals surface area contributed by atoms with Gasteiger partial charge in [-0.3, -0.25) is 20.2 Å². The minimum atomic E-state index is -0.814. The fourth-order valence-corrected chi connectivity index (χ4v) is 2.75. The molecular weight excluding hydrogens is 368 g/mol. The number of alkyl carbamates (subject to hydrolysis) is 2. The van der Waals surface area contributed by atoms with E-state index in [2.05, 4.69) is 10.6 Å². The summed E-state index contributed by atoms with van der Waals surface area (Å²) in [5.74, 6) is -1.08. The van der Waals surface area contributed by atoms with Crippen LogP contribution in [0.4, 0.5) is 9.59 Å². The van der Waals surface area contributed by atoms with E-state index in [4.69, 9.17) is 9.47 Å². The first-order valence-corrected chi connectivity index (χ1v) is 9.22. The summed E-state index contributed by atoms with van der Waals surface area (Å²) < 4.78 is 10.1. The van der Waals surface area contributed by atoms with Crippen LogP contribution in [-0.4, -0.2) is 71.9 Å². The van der Waals surface area contributed by atoms with E-state index in [9.17, 15) is 19.2 Å². The van der Waals surface area contributed by atoms with Gasteiger partial charge >= 0.3 is 12.2 Å². The number of ketones is 2. The summed E-state index contributed by atoms with van der Waals surface area (Å²) in [5, 5.41) is 4.84. The zero-order valence-electron chi connectivity index (χ0n) is 16.3. The standard InChI is InChI=1S/C18H24N4O6/c1-9(2)27-17(25)19-11-13(21-5-6-21)16(24)12(20-18(26)28-10(3)4)14(15(11)23)22-7-8-22/h9-10H,5-8H2,1-4H3,(H,19,25)(H,20,26). The molecule has 2 fully saturated rings. The summed E-state index contributed by atoms with van der Waals surface area (Å²) in [5.41, 5.74) is -0.150. The molecule has 2 aliphatic heterocycles. The van der Waals surface area contributed by atoms with Gasteiger partial charge in [-0.15, -0.1) is 0 Å². The van der Waals surface area contributed by atoms with Crippen LogP contribution in [0.5, 0.6) is 0 Å². The van der Waals surface area contributed by atoms with E-state index in [0.29, 0.717) is 26.2 Å². The van der Waals surface area contributed by atoms with Crippen LogP contribution in [-0.2, 0) is 19.1 Å². The highest BCUT2D eigenvalue weighted by Crippen LogP contribution is 2.32. The van der Waals surface area contributed by atoms with Crippen molar-refractivity contribution in [3.8, 4) is 0 Å². The van der Waals surface area contributed by atoms with Crippen LogP contribution in [0.2, 0.25) is 0 Å². The smallest absolute Gasteiger partial charge is 0.412 e. The summed E-state index contributed by atoms with van der Waals surface area (Å²) in [7, 11) is 0. The lowest BCUT2D eigenvalue weighted by Gasteiger charge is -2.25. The van der Waals surface area contributed by atoms with Gasteiger partial charge in [-0.05, 0) is 27.7 Å². The maximum Gasteiger partial charge on any atom is 0.412 e. The summed E-state index contributed by atoms with van der Waals surface area (Å²) >= 11 is 0. The van der Waals surface area contributed by atoms with Crippen molar-refractivity contribution >= 4 is 23.8 Å². The predicted molar refractivity (Wildman–Crippen MR) is 96.7 cm³/mol. The maximum absolute atomic E-state index is 13.1. The number of ether oxygens (including phenoxy) is 2. The van der Waals surface area contributed by atoms with E-state index >= 15 is 0 Å². The number of amides is 2. The van der Waals surface area contributed by atoms with E-state index in [1.54, 1.807) is 37.5 Å². The Morgan fingerprint density at radius 2 is 1.07 bits per heavy atom. The van der Waals surface area contributed by atoms with Crippen LogP contribution in [0, 0.1) is 0 Å². The zero-order valence-corrected chi connectivity index (χ0v) is 16.3. The Morgan fingerprint density at radius 3 is 1.32 bits per heavy atom. The highest BCUT2D eigenvalue weighted by Gasteiger charge is 2.45. The van der Waals surface area contributed by atoms with Gasteiger partial charge in [-0.1, -0.05) is 0 Å². The van der Waals surface area contributed by atoms with Crippen molar-refractivity contribution in [3.05, 3.63) is 22.8 Å². The summed E-state index contributed by atoms with van der Waals surface area (Å²) in [6.07, 6.45) is -2.40. The van der Waals surface area contributed by atoms with Crippen molar-refractivity contribution in [2.24, 2.45) is 0 Å². The summed E-state index contributed by atoms with van der Waals surface area (Å²) in [6, 6.07) is 0. The molecule has 0 aromatic rings. The molecule has 0 atom stereocenters. The second-order valence-corrected chi connectivity index (χ2v) is 7.24. The summed E-state index contributed by atoms with van der Waals surface area (Å²) in [4.78, 5) is 53.7. The van der Waals surface area contributed by atoms with E-state index in [0.717, 1.165) is 0 Å². The number of carbonyl (C=O) groups is 4. The molecule has 28 heavy (non-hydrogen) atoms. The zero-order chi connectivity index (χ0) is 20.6. The molecule has 3 aliphatic rings. The number of nitrogens with one attached hydrogen (secondary N) is 2. The topological polar surface area (TPSA) is 117 Å². The Morgan fingerprint density at radius 1 is 0.750 bits per heavy atom. The molecule has 0 spiro atoms. The lowest BCUT2D eigenvalue weighted by molar-refractivity contribution is -0.118. The van der Waals surface area contributed by atoms with Crippen molar-refractivity contribution in [1.29, 1.82) is 0 Å². The fraction of sp³-hybridized carbons (Fsp3) is 0.556. The van der Waals surface area contributed by atoms with Gasteiger partial charge in [0.2, 0.25) is 11.6 Å². The van der Waals surface area contributed by atoms with Gasteiger partial charge in [-0.25, -0.2) is 9.59 Å². The SMILES string of the molecule is CC(C)OC(=O)NC1=C(N2CC2)C(=O)C(NC(=O)OC(C)C)=C(N2CC2)C1=O. The predicted octanol–water partition coefficient (Wildman–Crippen LogP) is 0.462. The Hall–Kier alpha value is -3.04. The highest BCUT2D eigenvalue weighted by atomic mass is 16.6. The van der Waals surface area contributed by atoms with Crippen molar-refractivity contribution in [2.45, 2.75) is 39.9 Å². The normalized spacial score (nSPS) is 18.8. The molecule has 1 aliphatic carbocycles. The van der Waals surface area contributed by atoms with Gasteiger partial charge in [0.1, 0.15) is 22.8 Å². The van der Waals surface area contributed by atoms with E-state index in [1.165, 1.54) is 0 Å². The second-order valence-electron chi connectivity index (χ2n) is 7.24. The highest BCUT2D eigenvalue weighted by molar-refractivity contribution is 6.26. The minimum absolute atomic E-state index is 0.0520. The fourth-order valence-electron chi connectivity index (χ4n) is 2.75. The third kappa shape index (κ3) is 4.26. The molecule has 0 aromatic carbocycles. The first-order valence-electron chi connectivity index (χ1n) is 9.22. The molecule has 0 aromatic heterocycles. The molecule has 10 heteroatoms. The number of hydrogen-bond acceptors (Lipinski definition) is 8. The number of rotatable bonds is 6. The first-order chi connectivity index (χ1) is 13.2. The van der Waals surface area contributed by atoms with E-state index < -0.39 is 23.8 Å². The molecule has 10 nitrogen and oxygen atoms in total. The molecule has 0 radical (unpaired) electrons. The van der Waals surface area contributed by atoms with Crippen LogP contribution in [0.25, 0.3) is 0 Å². The first kappa shape index (κ1) is 19.7. The number of nitrogens with zero attached hydrogens (tertiary/aromatic N) is 2. The molecule has 0 saturated carbocycles. The molecule has 2 N–H and O–H groups in total. The van der Waals surface area contributed by atoms with Crippen molar-refractivity contribution in [3.63, 3.8) is 0 Å². The minimum Gasteiger partial charge on any atom is -0.447 e. The lowest BCUT2D eigenvalue weighted by atomic mass is 9.98. The third-order valence-corrected chi connectivity index (χ3v) is 4.02. The van der Waals surface area contributed by atoms with Gasteiger partial charge in [0.25, 0.3) is 0 Å². The number of hydrogen-bond donors (Lipinski definition) is 2. The summed E-state index contributed by atoms with van der Waals surface area (Å²) in [6.45, 7) is 8.99. The largest absolute Gasteiger partial charge is 0.447 e. The van der Waals surface area contributed by atoms with Gasteiger partial charge in [0.15, 0.2) is 0 Å². The van der Waals surface area contributed by atoms with Crippen molar-refractivity contribution in [1.82, 2.24) is 20.4 Å². The maximum atomic E-state index is 13.1. The van der Waals surface area contributed by atoms with Gasteiger partial charge in [-0.2, -0.15) is 0 Å². The molecule has 2 saturated heterocycles. The quantitative estimate of drug-likeness (QED) is 0.495. The Bertz CT molecular complexity index is 724. The molecule has 0 unspecified atom stereocenters. The third-order valence-electron chi connectivity index (χ3n) is 4.02. The number of carbonyl (C=O) groups excluding carboxylic acids is 4. The number of Topliss-reactive ketones (excluding diaryl/α,β-unsaturated/α-hetero) is 2. The molecule has 0 bridgehead atoms. The van der Waals surface area contributed by atoms with Crippen LogP contribution >= 0.6 is 0 Å². The molecule has 2 heterocycles. The molecule has 2 amide bonds. The Kier molecular flexibility index (Phi) is 5.30. The molecule has 152 valence electrons. The average molecular weight is 392 g/mol. The van der Waals surface area contributed by atoms with E-state index in [1.807, 2.05) is 0 Å². The van der Waals surface area contributed by atoms with E-state index in [-0.39, 0.29) is 35.0 Å². The van der Waals surface area contributed by atoms with Gasteiger partial charge in [0.05, 0.1) is 12.2 Å². The van der Waals surface area contributed by atoms with Crippen molar-refractivity contribution < 1.29 is 28.7 Å². The Labute approximate surface area is 162 Å². The molecular formula is C18H24N4O6. The second kappa shape index (κ2) is 7.53. The average Bonchev–Trinajstić information content (AvgIpc) is 3.43. The van der Waals surface area contributed by atoms with Crippen LogP contribution in [0.15, 0.2) is 22.8 Å². The van der Waals surface area contributed by atoms with Crippen molar-refractivity contribution in [2.75, 3.05) is 26.2 Å². The lowest BCUT2D eigenvalue weighted by Crippen LogP contribution is -2.43. The van der Waals surface area contributed by atoms with Crippen LogP contribution in [0.3, 0.4) is 0 Å². The Balaban J connectivity index is 1.93.